The van der Waals surface area contributed by atoms with Crippen LogP contribution in [-0.2, 0) is 0 Å². The molecule has 2 aromatic carbocycles. The smallest absolute Gasteiger partial charge is 0.208 e. The van der Waals surface area contributed by atoms with E-state index in [-0.39, 0.29) is 21.9 Å². The number of nitrogen functional groups attached to an aromatic ring is 1. The molecule has 0 atom stereocenters. The maximum atomic E-state index is 13.1. The lowest BCUT2D eigenvalue weighted by Gasteiger charge is -2.09. The number of hydrogen-bond donors (Lipinski definition) is 2. The lowest BCUT2D eigenvalue weighted by Crippen LogP contribution is -2.05. The van der Waals surface area contributed by atoms with E-state index < -0.39 is 0 Å². The topological polar surface area (TPSA) is 121 Å². The van der Waals surface area contributed by atoms with Gasteiger partial charge in [0.1, 0.15) is 33.0 Å². The van der Waals surface area contributed by atoms with Crippen molar-refractivity contribution in [2.24, 2.45) is 0 Å². The molecule has 0 aliphatic heterocycles. The molecule has 0 bridgehead atoms. The van der Waals surface area contributed by atoms with Gasteiger partial charge in [0.05, 0.1) is 37.1 Å². The van der Waals surface area contributed by atoms with E-state index >= 15 is 0 Å². The van der Waals surface area contributed by atoms with E-state index in [1.165, 1.54) is 14.2 Å². The molecule has 0 saturated heterocycles. The zero-order chi connectivity index (χ0) is 21.0. The molecule has 3 aromatic rings. The number of carbonyl (C=O) groups excluding carboxylic acids is 1. The number of nitriles is 2. The summed E-state index contributed by atoms with van der Waals surface area (Å²) in [6.45, 7) is 0. The van der Waals surface area contributed by atoms with Gasteiger partial charge in [0.25, 0.3) is 0 Å². The van der Waals surface area contributed by atoms with Crippen molar-refractivity contribution in [1.29, 1.82) is 10.5 Å². The largest absolute Gasteiger partial charge is 0.497 e. The summed E-state index contributed by atoms with van der Waals surface area (Å²) < 4.78 is 10.5. The van der Waals surface area contributed by atoms with E-state index in [1.54, 1.807) is 42.5 Å². The fourth-order valence-electron chi connectivity index (χ4n) is 2.72. The molecule has 29 heavy (non-hydrogen) atoms. The number of anilines is 3. The van der Waals surface area contributed by atoms with Crippen LogP contribution >= 0.6 is 11.3 Å². The van der Waals surface area contributed by atoms with Crippen molar-refractivity contribution >= 4 is 33.5 Å². The van der Waals surface area contributed by atoms with Crippen molar-refractivity contribution < 1.29 is 14.3 Å². The van der Waals surface area contributed by atoms with Crippen molar-refractivity contribution in [3.8, 4) is 23.6 Å². The number of benzene rings is 2. The van der Waals surface area contributed by atoms with E-state index in [4.69, 9.17) is 20.5 Å². The minimum absolute atomic E-state index is 0.0966. The number of ketones is 1. The quantitative estimate of drug-likeness (QED) is 0.594. The van der Waals surface area contributed by atoms with Gasteiger partial charge in [-0.1, -0.05) is 6.07 Å². The first-order chi connectivity index (χ1) is 14.0. The van der Waals surface area contributed by atoms with Gasteiger partial charge in [0.15, 0.2) is 0 Å². The molecule has 0 amide bonds. The summed E-state index contributed by atoms with van der Waals surface area (Å²) in [5.74, 6) is 0.536. The van der Waals surface area contributed by atoms with Gasteiger partial charge in [-0.25, -0.2) is 0 Å². The highest BCUT2D eigenvalue weighted by Crippen LogP contribution is 2.39. The van der Waals surface area contributed by atoms with E-state index in [2.05, 4.69) is 11.4 Å². The average molecular weight is 404 g/mol. The van der Waals surface area contributed by atoms with Gasteiger partial charge in [-0.15, -0.1) is 11.3 Å². The van der Waals surface area contributed by atoms with Gasteiger partial charge >= 0.3 is 0 Å². The highest BCUT2D eigenvalue weighted by Gasteiger charge is 2.24. The summed E-state index contributed by atoms with van der Waals surface area (Å²) in [4.78, 5) is 13.3. The first-order valence-electron chi connectivity index (χ1n) is 8.38. The van der Waals surface area contributed by atoms with Crippen molar-refractivity contribution in [2.45, 2.75) is 0 Å². The van der Waals surface area contributed by atoms with Crippen LogP contribution in [0.1, 0.15) is 26.4 Å². The summed E-state index contributed by atoms with van der Waals surface area (Å²) in [5.41, 5.74) is 7.78. The molecular formula is C21H16N4O3S. The molecule has 144 valence electrons. The number of carbonyl (C=O) groups is 1. The predicted molar refractivity (Wildman–Crippen MR) is 111 cm³/mol. The van der Waals surface area contributed by atoms with Gasteiger partial charge < -0.3 is 20.5 Å². The standard InChI is InChI=1S/C21H16N4O3S/c1-27-14-6-7-15(17(9-14)28-2)19(26)20-18(24)16(11-23)21(29-20)25-13-5-3-4-12(8-13)10-22/h3-9,25H,24H2,1-2H3. The number of thiophene rings is 1. The summed E-state index contributed by atoms with van der Waals surface area (Å²) in [5, 5.41) is 22.1. The molecule has 0 saturated carbocycles. The molecule has 0 aliphatic carbocycles. The minimum atomic E-state index is -0.359. The Balaban J connectivity index is 2.02. The number of hydrogen-bond acceptors (Lipinski definition) is 8. The third-order valence-electron chi connectivity index (χ3n) is 4.17. The van der Waals surface area contributed by atoms with Crippen LogP contribution in [0.5, 0.6) is 11.5 Å². The molecule has 0 spiro atoms. The van der Waals surface area contributed by atoms with Crippen LogP contribution < -0.4 is 20.5 Å². The van der Waals surface area contributed by atoms with Crippen LogP contribution in [0.2, 0.25) is 0 Å². The molecule has 3 N–H and O–H groups in total. The Morgan fingerprint density at radius 1 is 1.10 bits per heavy atom. The number of nitrogens with two attached hydrogens (primary N) is 1. The van der Waals surface area contributed by atoms with Crippen LogP contribution in [0.25, 0.3) is 0 Å². The van der Waals surface area contributed by atoms with Crippen molar-refractivity contribution in [1.82, 2.24) is 0 Å². The lowest BCUT2D eigenvalue weighted by atomic mass is 10.1. The SMILES string of the molecule is COc1ccc(C(=O)c2sc(Nc3cccc(C#N)c3)c(C#N)c2N)c(OC)c1. The van der Waals surface area contributed by atoms with Gasteiger partial charge in [-0.2, -0.15) is 10.5 Å². The molecule has 7 nitrogen and oxygen atoms in total. The molecule has 1 aromatic heterocycles. The zero-order valence-corrected chi connectivity index (χ0v) is 16.5. The Hall–Kier alpha value is -4.01. The Labute approximate surface area is 171 Å². The predicted octanol–water partition coefficient (Wildman–Crippen LogP) is 4.07. The summed E-state index contributed by atoms with van der Waals surface area (Å²) in [7, 11) is 2.98. The molecule has 3 rings (SSSR count). The second-order valence-corrected chi connectivity index (χ2v) is 6.89. The summed E-state index contributed by atoms with van der Waals surface area (Å²) in [6.07, 6.45) is 0. The van der Waals surface area contributed by atoms with E-state index in [9.17, 15) is 10.1 Å². The number of nitrogens with zero attached hydrogens (tertiary/aromatic N) is 2. The molecule has 8 heteroatoms. The van der Waals surface area contributed by atoms with E-state index in [0.29, 0.717) is 33.3 Å². The first-order valence-corrected chi connectivity index (χ1v) is 9.20. The Kier molecular flexibility index (Phi) is 5.68. The van der Waals surface area contributed by atoms with Gasteiger partial charge in [0, 0.05) is 11.8 Å². The number of rotatable bonds is 6. The maximum Gasteiger partial charge on any atom is 0.208 e. The van der Waals surface area contributed by atoms with Crippen LogP contribution in [0, 0.1) is 22.7 Å². The van der Waals surface area contributed by atoms with Crippen LogP contribution in [0.3, 0.4) is 0 Å². The fraction of sp³-hybridized carbons (Fsp3) is 0.0952. The minimum Gasteiger partial charge on any atom is -0.497 e. The second kappa shape index (κ2) is 8.34. The van der Waals surface area contributed by atoms with Gasteiger partial charge in [0.2, 0.25) is 5.78 Å². The molecule has 0 fully saturated rings. The molecular weight excluding hydrogens is 388 g/mol. The molecule has 0 unspecified atom stereocenters. The highest BCUT2D eigenvalue weighted by atomic mass is 32.1. The lowest BCUT2D eigenvalue weighted by molar-refractivity contribution is 0.104. The third kappa shape index (κ3) is 3.84. The highest BCUT2D eigenvalue weighted by molar-refractivity contribution is 7.19. The van der Waals surface area contributed by atoms with Crippen LogP contribution in [0.15, 0.2) is 42.5 Å². The van der Waals surface area contributed by atoms with Crippen molar-refractivity contribution in [2.75, 3.05) is 25.3 Å². The number of nitrogens with one attached hydrogen (secondary N) is 1. The Bertz CT molecular complexity index is 1170. The molecule has 1 heterocycles. The zero-order valence-electron chi connectivity index (χ0n) is 15.6. The third-order valence-corrected chi connectivity index (χ3v) is 5.29. The fourth-order valence-corrected chi connectivity index (χ4v) is 3.76. The summed E-state index contributed by atoms with van der Waals surface area (Å²) >= 11 is 1.07. The monoisotopic (exact) mass is 404 g/mol. The average Bonchev–Trinajstić information content (AvgIpc) is 3.07. The van der Waals surface area contributed by atoms with Crippen molar-refractivity contribution in [3.63, 3.8) is 0 Å². The van der Waals surface area contributed by atoms with Crippen LogP contribution in [0.4, 0.5) is 16.4 Å². The van der Waals surface area contributed by atoms with Crippen molar-refractivity contribution in [3.05, 3.63) is 64.0 Å². The normalized spacial score (nSPS) is 9.93. The Morgan fingerprint density at radius 3 is 2.55 bits per heavy atom. The summed E-state index contributed by atoms with van der Waals surface area (Å²) in [6, 6.07) is 15.7. The Morgan fingerprint density at radius 2 is 1.90 bits per heavy atom. The van der Waals surface area contributed by atoms with Gasteiger partial charge in [-0.3, -0.25) is 4.79 Å². The second-order valence-electron chi connectivity index (χ2n) is 5.87. The number of methoxy groups -OCH3 is 2. The first kappa shape index (κ1) is 19.7. The van der Waals surface area contributed by atoms with Gasteiger partial charge in [-0.05, 0) is 30.3 Å². The molecule has 0 radical (unpaired) electrons. The van der Waals surface area contributed by atoms with Crippen LogP contribution in [-0.4, -0.2) is 20.0 Å². The van der Waals surface area contributed by atoms with E-state index in [1.807, 2.05) is 6.07 Å². The number of ether oxygens (including phenoxy) is 2. The maximum absolute atomic E-state index is 13.1. The molecule has 0 aliphatic rings. The van der Waals surface area contributed by atoms with E-state index in [0.717, 1.165) is 11.3 Å².